The first kappa shape index (κ1) is 13.2. The molecule has 1 aliphatic rings. The molecule has 1 aliphatic carbocycles. The van der Waals surface area contributed by atoms with Crippen LogP contribution in [0.2, 0.25) is 0 Å². The minimum atomic E-state index is -0.279. The van der Waals surface area contributed by atoms with Gasteiger partial charge in [0, 0.05) is 17.5 Å². The third kappa shape index (κ3) is 2.96. The quantitative estimate of drug-likeness (QED) is 0.880. The molecule has 0 aliphatic heterocycles. The maximum absolute atomic E-state index is 12.1. The predicted molar refractivity (Wildman–Crippen MR) is 72.9 cm³/mol. The molecule has 2 N–H and O–H groups in total. The molecule has 0 aromatic carbocycles. The molecule has 0 bridgehead atoms. The van der Waals surface area contributed by atoms with Gasteiger partial charge in [0.05, 0.1) is 0 Å². The van der Waals surface area contributed by atoms with Crippen molar-refractivity contribution in [1.82, 2.24) is 10.3 Å². The molecule has 98 valence electrons. The number of carbonyl (C=O) groups excluding carboxylic acids is 1. The lowest BCUT2D eigenvalue weighted by Gasteiger charge is -2.30. The Hall–Kier alpha value is -1.23. The zero-order valence-corrected chi connectivity index (χ0v) is 11.2. The highest BCUT2D eigenvalue weighted by Crippen LogP contribution is 2.27. The number of pyridine rings is 1. The van der Waals surface area contributed by atoms with E-state index < -0.39 is 0 Å². The first-order valence-electron chi connectivity index (χ1n) is 6.20. The van der Waals surface area contributed by atoms with E-state index in [1.165, 1.54) is 18.7 Å². The van der Waals surface area contributed by atoms with Gasteiger partial charge in [0.2, 0.25) is 0 Å². The number of amides is 1. The van der Waals surface area contributed by atoms with Crippen molar-refractivity contribution in [2.45, 2.75) is 37.0 Å². The maximum Gasteiger partial charge on any atom is 0.273 e. The lowest BCUT2D eigenvalue weighted by Crippen LogP contribution is -2.43. The lowest BCUT2D eigenvalue weighted by molar-refractivity contribution is 0.0921. The molecule has 4 nitrogen and oxygen atoms in total. The Morgan fingerprint density at radius 3 is 3.00 bits per heavy atom. The molecule has 1 saturated carbocycles. The van der Waals surface area contributed by atoms with Gasteiger partial charge in [-0.1, -0.05) is 12.8 Å². The van der Waals surface area contributed by atoms with Gasteiger partial charge in [0.25, 0.3) is 5.91 Å². The molecular formula is C13H18N2O2S. The largest absolute Gasteiger partial charge is 0.505 e. The molecule has 2 atom stereocenters. The molecule has 1 aromatic heterocycles. The number of rotatable bonds is 3. The van der Waals surface area contributed by atoms with E-state index in [1.54, 1.807) is 17.8 Å². The van der Waals surface area contributed by atoms with Crippen LogP contribution >= 0.6 is 11.8 Å². The molecule has 2 rings (SSSR count). The van der Waals surface area contributed by atoms with Crippen LogP contribution in [0.15, 0.2) is 18.3 Å². The summed E-state index contributed by atoms with van der Waals surface area (Å²) in [5.74, 6) is -0.342. The van der Waals surface area contributed by atoms with Crippen LogP contribution in [-0.4, -0.2) is 33.5 Å². The van der Waals surface area contributed by atoms with Crippen LogP contribution in [-0.2, 0) is 0 Å². The van der Waals surface area contributed by atoms with Gasteiger partial charge in [-0.25, -0.2) is 4.98 Å². The Labute approximate surface area is 111 Å². The number of nitrogens with one attached hydrogen (secondary N) is 1. The smallest absolute Gasteiger partial charge is 0.273 e. The summed E-state index contributed by atoms with van der Waals surface area (Å²) in [6, 6.07) is 3.27. The monoisotopic (exact) mass is 266 g/mol. The predicted octanol–water partition coefficient (Wildman–Crippen LogP) is 2.19. The highest BCUT2D eigenvalue weighted by Gasteiger charge is 2.26. The summed E-state index contributed by atoms with van der Waals surface area (Å²) in [7, 11) is 0. The Morgan fingerprint density at radius 2 is 2.28 bits per heavy atom. The number of aromatic hydroxyl groups is 1. The standard InChI is InChI=1S/C13H18N2O2S/c1-18-11-7-3-2-5-9(11)15-13(17)12-10(16)6-4-8-14-12/h4,6,8-9,11,16H,2-3,5,7H2,1H3,(H,15,17). The number of aromatic nitrogens is 1. The molecule has 2 unspecified atom stereocenters. The van der Waals surface area contributed by atoms with Gasteiger partial charge >= 0.3 is 0 Å². The Morgan fingerprint density at radius 1 is 1.50 bits per heavy atom. The van der Waals surface area contributed by atoms with Crippen LogP contribution in [0, 0.1) is 0 Å². The minimum Gasteiger partial charge on any atom is -0.505 e. The van der Waals surface area contributed by atoms with Crippen molar-refractivity contribution in [2.75, 3.05) is 6.26 Å². The van der Waals surface area contributed by atoms with Gasteiger partial charge in [0.1, 0.15) is 5.75 Å². The van der Waals surface area contributed by atoms with Crippen molar-refractivity contribution < 1.29 is 9.90 Å². The molecule has 1 aromatic rings. The highest BCUT2D eigenvalue weighted by molar-refractivity contribution is 7.99. The van der Waals surface area contributed by atoms with Crippen LogP contribution < -0.4 is 5.32 Å². The lowest BCUT2D eigenvalue weighted by atomic mass is 9.94. The third-order valence-electron chi connectivity index (χ3n) is 3.32. The Kier molecular flexibility index (Phi) is 4.47. The van der Waals surface area contributed by atoms with Gasteiger partial charge < -0.3 is 10.4 Å². The first-order chi connectivity index (χ1) is 8.72. The summed E-state index contributed by atoms with van der Waals surface area (Å²) in [4.78, 5) is 16.0. The summed E-state index contributed by atoms with van der Waals surface area (Å²) in [6.07, 6.45) is 8.11. The van der Waals surface area contributed by atoms with Gasteiger partial charge in [-0.2, -0.15) is 11.8 Å². The number of nitrogens with zero attached hydrogens (tertiary/aromatic N) is 1. The number of carbonyl (C=O) groups is 1. The van der Waals surface area contributed by atoms with Crippen molar-refractivity contribution in [3.63, 3.8) is 0 Å². The van der Waals surface area contributed by atoms with E-state index in [-0.39, 0.29) is 23.4 Å². The Balaban J connectivity index is 2.04. The van der Waals surface area contributed by atoms with E-state index in [0.29, 0.717) is 5.25 Å². The molecule has 1 amide bonds. The van der Waals surface area contributed by atoms with E-state index in [2.05, 4.69) is 16.6 Å². The molecule has 0 saturated heterocycles. The van der Waals surface area contributed by atoms with Crippen LogP contribution in [0.4, 0.5) is 0 Å². The van der Waals surface area contributed by atoms with Crippen LogP contribution in [0.5, 0.6) is 5.75 Å². The van der Waals surface area contributed by atoms with Crippen molar-refractivity contribution in [3.05, 3.63) is 24.0 Å². The zero-order valence-electron chi connectivity index (χ0n) is 10.4. The third-order valence-corrected chi connectivity index (χ3v) is 4.49. The fraction of sp³-hybridized carbons (Fsp3) is 0.538. The van der Waals surface area contributed by atoms with Crippen molar-refractivity contribution in [2.24, 2.45) is 0 Å². The van der Waals surface area contributed by atoms with Crippen molar-refractivity contribution >= 4 is 17.7 Å². The summed E-state index contributed by atoms with van der Waals surface area (Å²) in [6.45, 7) is 0. The van der Waals surface area contributed by atoms with Gasteiger partial charge in [-0.05, 0) is 31.2 Å². The summed E-state index contributed by atoms with van der Waals surface area (Å²) >= 11 is 1.80. The van der Waals surface area contributed by atoms with E-state index in [9.17, 15) is 9.90 Å². The van der Waals surface area contributed by atoms with Gasteiger partial charge in [0.15, 0.2) is 5.69 Å². The van der Waals surface area contributed by atoms with Crippen LogP contribution in [0.1, 0.15) is 36.2 Å². The summed E-state index contributed by atoms with van der Waals surface area (Å²) in [5, 5.41) is 13.1. The molecule has 18 heavy (non-hydrogen) atoms. The average Bonchev–Trinajstić information content (AvgIpc) is 2.39. The molecule has 0 spiro atoms. The van der Waals surface area contributed by atoms with Crippen LogP contribution in [0.25, 0.3) is 0 Å². The summed E-state index contributed by atoms with van der Waals surface area (Å²) < 4.78 is 0. The van der Waals surface area contributed by atoms with Gasteiger partial charge in [-0.15, -0.1) is 0 Å². The minimum absolute atomic E-state index is 0.0634. The van der Waals surface area contributed by atoms with E-state index in [4.69, 9.17) is 0 Å². The zero-order chi connectivity index (χ0) is 13.0. The highest BCUT2D eigenvalue weighted by atomic mass is 32.2. The molecule has 0 radical (unpaired) electrons. The molecule has 5 heteroatoms. The van der Waals surface area contributed by atoms with Gasteiger partial charge in [-0.3, -0.25) is 4.79 Å². The fourth-order valence-electron chi connectivity index (χ4n) is 2.35. The fourth-order valence-corrected chi connectivity index (χ4v) is 3.29. The molecular weight excluding hydrogens is 248 g/mol. The van der Waals surface area contributed by atoms with Crippen molar-refractivity contribution in [3.8, 4) is 5.75 Å². The number of hydrogen-bond donors (Lipinski definition) is 2. The Bertz CT molecular complexity index is 425. The van der Waals surface area contributed by atoms with E-state index in [0.717, 1.165) is 19.3 Å². The maximum atomic E-state index is 12.1. The van der Waals surface area contributed by atoms with E-state index >= 15 is 0 Å². The molecule has 1 fully saturated rings. The second kappa shape index (κ2) is 6.09. The normalized spacial score (nSPS) is 23.6. The summed E-state index contributed by atoms with van der Waals surface area (Å²) in [5.41, 5.74) is 0.114. The SMILES string of the molecule is CSC1CCCCC1NC(=O)c1ncccc1O. The average molecular weight is 266 g/mol. The number of thioether (sulfide) groups is 1. The van der Waals surface area contributed by atoms with E-state index in [1.807, 2.05) is 0 Å². The topological polar surface area (TPSA) is 62.2 Å². The van der Waals surface area contributed by atoms with Crippen LogP contribution in [0.3, 0.4) is 0 Å². The second-order valence-corrected chi connectivity index (χ2v) is 5.59. The second-order valence-electron chi connectivity index (χ2n) is 4.51. The molecule has 1 heterocycles. The first-order valence-corrected chi connectivity index (χ1v) is 7.49. The van der Waals surface area contributed by atoms with Crippen molar-refractivity contribution in [1.29, 1.82) is 0 Å². The number of hydrogen-bond acceptors (Lipinski definition) is 4.